The zero-order chi connectivity index (χ0) is 24.4. The van der Waals surface area contributed by atoms with Gasteiger partial charge in [0.1, 0.15) is 5.82 Å². The molecule has 1 aromatic carbocycles. The number of carbonyl (C=O) groups is 1. The summed E-state index contributed by atoms with van der Waals surface area (Å²) < 4.78 is 17.3. The molecule has 34 heavy (non-hydrogen) atoms. The van der Waals surface area contributed by atoms with Crippen LogP contribution in [0.25, 0.3) is 22.5 Å². The molecule has 1 amide bonds. The molecule has 0 aliphatic carbocycles. The number of halogens is 1. The number of aromatic nitrogens is 4. The second-order valence-electron chi connectivity index (χ2n) is 8.86. The molecule has 180 valence electrons. The van der Waals surface area contributed by atoms with E-state index in [2.05, 4.69) is 24.1 Å². The van der Waals surface area contributed by atoms with Crippen molar-refractivity contribution >= 4 is 11.9 Å². The molecule has 0 bridgehead atoms. The van der Waals surface area contributed by atoms with Crippen molar-refractivity contribution in [2.45, 2.75) is 52.1 Å². The number of anilines is 1. The minimum atomic E-state index is -0.361. The first-order valence-corrected chi connectivity index (χ1v) is 11.7. The standard InChI is InChI=1S/C25H31FN6O2/c1-5-16(2)28-25-27-13-10-21(29-25)23-22(18-6-8-19(26)9-7-18)24(34)30(4)32(23)20-11-14-31(15-12-20)17(3)33/h6-10,13,16,20H,5,11-12,14-15H2,1-4H3,(H,27,28,29)/t16-/m0/s1. The quantitative estimate of drug-likeness (QED) is 0.597. The number of likely N-dealkylation sites (tertiary alicyclic amines) is 1. The van der Waals surface area contributed by atoms with Crippen LogP contribution in [0.15, 0.2) is 41.3 Å². The molecule has 9 heteroatoms. The van der Waals surface area contributed by atoms with Crippen molar-refractivity contribution in [1.29, 1.82) is 0 Å². The van der Waals surface area contributed by atoms with E-state index in [1.165, 1.54) is 12.1 Å². The summed E-state index contributed by atoms with van der Waals surface area (Å²) in [5.74, 6) is 0.190. The van der Waals surface area contributed by atoms with E-state index in [9.17, 15) is 14.0 Å². The highest BCUT2D eigenvalue weighted by Crippen LogP contribution is 2.34. The van der Waals surface area contributed by atoms with Crippen LogP contribution in [-0.4, -0.2) is 49.3 Å². The van der Waals surface area contributed by atoms with Crippen LogP contribution >= 0.6 is 0 Å². The predicted octanol–water partition coefficient (Wildman–Crippen LogP) is 3.84. The number of benzene rings is 1. The molecule has 1 atom stereocenters. The molecule has 1 aliphatic heterocycles. The first-order valence-electron chi connectivity index (χ1n) is 11.7. The Morgan fingerprint density at radius 1 is 1.21 bits per heavy atom. The van der Waals surface area contributed by atoms with E-state index in [1.807, 2.05) is 9.58 Å². The van der Waals surface area contributed by atoms with Gasteiger partial charge in [-0.2, -0.15) is 0 Å². The van der Waals surface area contributed by atoms with E-state index in [1.54, 1.807) is 43.0 Å². The average molecular weight is 467 g/mol. The van der Waals surface area contributed by atoms with Crippen molar-refractivity contribution in [2.75, 3.05) is 18.4 Å². The summed E-state index contributed by atoms with van der Waals surface area (Å²) in [6.45, 7) is 6.97. The van der Waals surface area contributed by atoms with Crippen LogP contribution in [0.5, 0.6) is 0 Å². The van der Waals surface area contributed by atoms with Crippen LogP contribution in [-0.2, 0) is 11.8 Å². The summed E-state index contributed by atoms with van der Waals surface area (Å²) in [4.78, 5) is 36.3. The van der Waals surface area contributed by atoms with Gasteiger partial charge in [0.25, 0.3) is 5.56 Å². The van der Waals surface area contributed by atoms with E-state index in [0.29, 0.717) is 41.6 Å². The second-order valence-corrected chi connectivity index (χ2v) is 8.86. The second kappa shape index (κ2) is 9.79. The molecular weight excluding hydrogens is 435 g/mol. The third-order valence-electron chi connectivity index (χ3n) is 6.57. The van der Waals surface area contributed by atoms with Gasteiger partial charge in [-0.05, 0) is 49.9 Å². The van der Waals surface area contributed by atoms with Gasteiger partial charge in [0.15, 0.2) is 0 Å². The van der Waals surface area contributed by atoms with E-state index >= 15 is 0 Å². The maximum absolute atomic E-state index is 13.7. The molecule has 1 saturated heterocycles. The Hall–Kier alpha value is -3.49. The topological polar surface area (TPSA) is 85.0 Å². The Bertz CT molecular complexity index is 1230. The number of amides is 1. The van der Waals surface area contributed by atoms with Crippen molar-refractivity contribution in [3.63, 3.8) is 0 Å². The molecule has 1 fully saturated rings. The zero-order valence-electron chi connectivity index (χ0n) is 20.1. The smallest absolute Gasteiger partial charge is 0.274 e. The van der Waals surface area contributed by atoms with Crippen LogP contribution in [0.4, 0.5) is 10.3 Å². The lowest BCUT2D eigenvalue weighted by molar-refractivity contribution is -0.130. The molecule has 4 rings (SSSR count). The minimum Gasteiger partial charge on any atom is -0.352 e. The first kappa shape index (κ1) is 23.7. The lowest BCUT2D eigenvalue weighted by Crippen LogP contribution is -2.39. The molecule has 0 spiro atoms. The van der Waals surface area contributed by atoms with Gasteiger partial charge in [-0.15, -0.1) is 0 Å². The van der Waals surface area contributed by atoms with Crippen LogP contribution < -0.4 is 10.9 Å². The van der Waals surface area contributed by atoms with E-state index < -0.39 is 0 Å². The molecule has 3 aromatic rings. The zero-order valence-corrected chi connectivity index (χ0v) is 20.1. The highest BCUT2D eigenvalue weighted by Gasteiger charge is 2.30. The molecule has 3 heterocycles. The number of nitrogens with zero attached hydrogens (tertiary/aromatic N) is 5. The third-order valence-corrected chi connectivity index (χ3v) is 6.57. The molecule has 2 aromatic heterocycles. The van der Waals surface area contributed by atoms with Crippen LogP contribution in [0.3, 0.4) is 0 Å². The van der Waals surface area contributed by atoms with Crippen molar-refractivity contribution in [2.24, 2.45) is 7.05 Å². The maximum Gasteiger partial charge on any atom is 0.274 e. The summed E-state index contributed by atoms with van der Waals surface area (Å²) in [6.07, 6.45) is 4.04. The molecule has 8 nitrogen and oxygen atoms in total. The monoisotopic (exact) mass is 466 g/mol. The highest BCUT2D eigenvalue weighted by molar-refractivity contribution is 5.79. The summed E-state index contributed by atoms with van der Waals surface area (Å²) in [5, 5.41) is 3.30. The predicted molar refractivity (Wildman–Crippen MR) is 130 cm³/mol. The number of piperidine rings is 1. The lowest BCUT2D eigenvalue weighted by Gasteiger charge is -2.33. The largest absolute Gasteiger partial charge is 0.352 e. The fourth-order valence-corrected chi connectivity index (χ4v) is 4.48. The third kappa shape index (κ3) is 4.60. The van der Waals surface area contributed by atoms with Crippen molar-refractivity contribution in [3.05, 3.63) is 52.7 Å². The number of hydrogen-bond donors (Lipinski definition) is 1. The van der Waals surface area contributed by atoms with Crippen LogP contribution in [0.2, 0.25) is 0 Å². The summed E-state index contributed by atoms with van der Waals surface area (Å²) in [5.41, 5.74) is 2.23. The Balaban J connectivity index is 1.87. The number of hydrogen-bond acceptors (Lipinski definition) is 5. The lowest BCUT2D eigenvalue weighted by atomic mass is 10.0. The van der Waals surface area contributed by atoms with Gasteiger partial charge >= 0.3 is 0 Å². The molecule has 1 aliphatic rings. The Morgan fingerprint density at radius 3 is 2.50 bits per heavy atom. The van der Waals surface area contributed by atoms with Crippen LogP contribution in [0, 0.1) is 5.82 Å². The van der Waals surface area contributed by atoms with Crippen molar-refractivity contribution in [3.8, 4) is 22.5 Å². The van der Waals surface area contributed by atoms with Gasteiger partial charge in [-0.25, -0.2) is 14.4 Å². The van der Waals surface area contributed by atoms with Gasteiger partial charge in [0.05, 0.1) is 23.0 Å². The number of carbonyl (C=O) groups excluding carboxylic acids is 1. The summed E-state index contributed by atoms with van der Waals surface area (Å²) in [7, 11) is 1.75. The van der Waals surface area contributed by atoms with Gasteiger partial charge in [0, 0.05) is 39.3 Å². The summed E-state index contributed by atoms with van der Waals surface area (Å²) >= 11 is 0. The van der Waals surface area contributed by atoms with Gasteiger partial charge in [-0.1, -0.05) is 19.1 Å². The molecule has 0 saturated carbocycles. The summed E-state index contributed by atoms with van der Waals surface area (Å²) in [6, 6.07) is 7.97. The Morgan fingerprint density at radius 2 is 1.88 bits per heavy atom. The van der Waals surface area contributed by atoms with E-state index in [-0.39, 0.29) is 29.4 Å². The minimum absolute atomic E-state index is 0.0124. The normalized spacial score (nSPS) is 15.4. The Kier molecular flexibility index (Phi) is 6.81. The van der Waals surface area contributed by atoms with Gasteiger partial charge in [-0.3, -0.25) is 19.0 Å². The SMILES string of the molecule is CC[C@H](C)Nc1nccc(-c2c(-c3ccc(F)cc3)c(=O)n(C)n2C2CCN(C(C)=O)CC2)n1. The van der Waals surface area contributed by atoms with E-state index in [0.717, 1.165) is 19.3 Å². The fraction of sp³-hybridized carbons (Fsp3) is 0.440. The fourth-order valence-electron chi connectivity index (χ4n) is 4.48. The highest BCUT2D eigenvalue weighted by atomic mass is 19.1. The van der Waals surface area contributed by atoms with Crippen LogP contribution in [0.1, 0.15) is 46.1 Å². The average Bonchev–Trinajstić information content (AvgIpc) is 3.10. The molecule has 1 N–H and O–H groups in total. The van der Waals surface area contributed by atoms with Gasteiger partial charge < -0.3 is 10.2 Å². The molecule has 0 unspecified atom stereocenters. The van der Waals surface area contributed by atoms with E-state index in [4.69, 9.17) is 4.98 Å². The molecular formula is C25H31FN6O2. The number of rotatable bonds is 6. The van der Waals surface area contributed by atoms with Crippen molar-refractivity contribution < 1.29 is 9.18 Å². The molecule has 0 radical (unpaired) electrons. The number of nitrogens with one attached hydrogen (secondary N) is 1. The Labute approximate surface area is 198 Å². The van der Waals surface area contributed by atoms with Gasteiger partial charge in [0.2, 0.25) is 11.9 Å². The maximum atomic E-state index is 13.7. The van der Waals surface area contributed by atoms with Crippen molar-refractivity contribution in [1.82, 2.24) is 24.2 Å². The first-order chi connectivity index (χ1) is 16.3.